The van der Waals surface area contributed by atoms with Crippen molar-refractivity contribution in [2.45, 2.75) is 25.5 Å². The van der Waals surface area contributed by atoms with E-state index >= 15 is 0 Å². The van der Waals surface area contributed by atoms with Gasteiger partial charge in [0.15, 0.2) is 0 Å². The number of benzene rings is 1. The Bertz CT molecular complexity index is 364. The standard InChI is InChI=1S/C15H24N2O/c1-15(2,18-3)12-17-10-9-16-11-14(17)13-7-5-4-6-8-13/h4-8,14,16H,9-12H2,1-3H3. The average molecular weight is 248 g/mol. The quantitative estimate of drug-likeness (QED) is 0.882. The molecule has 3 nitrogen and oxygen atoms in total. The maximum Gasteiger partial charge on any atom is 0.0749 e. The molecule has 0 aliphatic carbocycles. The summed E-state index contributed by atoms with van der Waals surface area (Å²) >= 11 is 0. The second kappa shape index (κ2) is 5.83. The van der Waals surface area contributed by atoms with Gasteiger partial charge in [0.2, 0.25) is 0 Å². The highest BCUT2D eigenvalue weighted by Crippen LogP contribution is 2.24. The SMILES string of the molecule is COC(C)(C)CN1CCNCC1c1ccccc1. The molecule has 1 aromatic rings. The summed E-state index contributed by atoms with van der Waals surface area (Å²) < 4.78 is 5.56. The third-order valence-corrected chi connectivity index (χ3v) is 3.68. The Labute approximate surface area is 110 Å². The van der Waals surface area contributed by atoms with Crippen LogP contribution in [0.1, 0.15) is 25.5 Å². The van der Waals surface area contributed by atoms with Crippen molar-refractivity contribution in [3.63, 3.8) is 0 Å². The number of piperazine rings is 1. The van der Waals surface area contributed by atoms with Crippen molar-refractivity contribution in [2.75, 3.05) is 33.3 Å². The van der Waals surface area contributed by atoms with Crippen molar-refractivity contribution < 1.29 is 4.74 Å². The fourth-order valence-corrected chi connectivity index (χ4v) is 2.49. The average Bonchev–Trinajstić information content (AvgIpc) is 2.40. The maximum atomic E-state index is 5.56. The number of nitrogens with one attached hydrogen (secondary N) is 1. The fraction of sp³-hybridized carbons (Fsp3) is 0.600. The number of hydrogen-bond acceptors (Lipinski definition) is 3. The molecule has 1 aliphatic heterocycles. The van der Waals surface area contributed by atoms with Gasteiger partial charge in [-0.3, -0.25) is 4.90 Å². The van der Waals surface area contributed by atoms with E-state index in [1.165, 1.54) is 5.56 Å². The molecule has 18 heavy (non-hydrogen) atoms. The summed E-state index contributed by atoms with van der Waals surface area (Å²) in [6, 6.07) is 11.2. The van der Waals surface area contributed by atoms with Crippen molar-refractivity contribution in [1.29, 1.82) is 0 Å². The van der Waals surface area contributed by atoms with Crippen LogP contribution >= 0.6 is 0 Å². The van der Waals surface area contributed by atoms with Gasteiger partial charge in [0.25, 0.3) is 0 Å². The van der Waals surface area contributed by atoms with E-state index in [0.29, 0.717) is 6.04 Å². The molecule has 0 amide bonds. The van der Waals surface area contributed by atoms with Crippen molar-refractivity contribution >= 4 is 0 Å². The smallest absolute Gasteiger partial charge is 0.0749 e. The van der Waals surface area contributed by atoms with Crippen molar-refractivity contribution in [3.05, 3.63) is 35.9 Å². The zero-order valence-corrected chi connectivity index (χ0v) is 11.6. The highest BCUT2D eigenvalue weighted by molar-refractivity contribution is 5.20. The van der Waals surface area contributed by atoms with Crippen LogP contribution in [0.15, 0.2) is 30.3 Å². The lowest BCUT2D eigenvalue weighted by Gasteiger charge is -2.40. The Kier molecular flexibility index (Phi) is 4.38. The lowest BCUT2D eigenvalue weighted by molar-refractivity contribution is -0.0225. The minimum Gasteiger partial charge on any atom is -0.377 e. The van der Waals surface area contributed by atoms with Gasteiger partial charge in [0.1, 0.15) is 0 Å². The van der Waals surface area contributed by atoms with Crippen LogP contribution in [0.4, 0.5) is 0 Å². The largest absolute Gasteiger partial charge is 0.377 e. The van der Waals surface area contributed by atoms with Crippen LogP contribution in [-0.4, -0.2) is 43.8 Å². The zero-order chi connectivity index (χ0) is 13.0. The van der Waals surface area contributed by atoms with Gasteiger partial charge in [-0.1, -0.05) is 30.3 Å². The Balaban J connectivity index is 2.11. The molecule has 2 rings (SSSR count). The Morgan fingerprint density at radius 2 is 2.06 bits per heavy atom. The first kappa shape index (κ1) is 13.5. The van der Waals surface area contributed by atoms with Gasteiger partial charge >= 0.3 is 0 Å². The summed E-state index contributed by atoms with van der Waals surface area (Å²) in [5.74, 6) is 0. The highest BCUT2D eigenvalue weighted by atomic mass is 16.5. The fourth-order valence-electron chi connectivity index (χ4n) is 2.49. The first-order chi connectivity index (χ1) is 8.62. The predicted molar refractivity (Wildman–Crippen MR) is 74.7 cm³/mol. The number of nitrogens with zero attached hydrogens (tertiary/aromatic N) is 1. The summed E-state index contributed by atoms with van der Waals surface area (Å²) in [7, 11) is 1.79. The van der Waals surface area contributed by atoms with Crippen LogP contribution in [0.2, 0.25) is 0 Å². The molecule has 1 heterocycles. The molecule has 100 valence electrons. The molecule has 0 radical (unpaired) electrons. The van der Waals surface area contributed by atoms with E-state index in [-0.39, 0.29) is 5.60 Å². The van der Waals surface area contributed by atoms with Gasteiger partial charge in [-0.2, -0.15) is 0 Å². The van der Waals surface area contributed by atoms with E-state index in [2.05, 4.69) is 54.4 Å². The van der Waals surface area contributed by atoms with Crippen LogP contribution in [0.25, 0.3) is 0 Å². The highest BCUT2D eigenvalue weighted by Gasteiger charge is 2.29. The van der Waals surface area contributed by atoms with E-state index in [4.69, 9.17) is 4.74 Å². The summed E-state index contributed by atoms with van der Waals surface area (Å²) in [4.78, 5) is 2.52. The summed E-state index contributed by atoms with van der Waals surface area (Å²) in [5.41, 5.74) is 1.29. The molecule has 1 fully saturated rings. The predicted octanol–water partition coefficient (Wildman–Crippen LogP) is 2.06. The molecular formula is C15H24N2O. The molecule has 0 saturated carbocycles. The van der Waals surface area contributed by atoms with Crippen LogP contribution in [0.3, 0.4) is 0 Å². The van der Waals surface area contributed by atoms with Crippen LogP contribution in [-0.2, 0) is 4.74 Å². The summed E-state index contributed by atoms with van der Waals surface area (Å²) in [6.45, 7) is 8.41. The molecule has 3 heteroatoms. The number of methoxy groups -OCH3 is 1. The second-order valence-electron chi connectivity index (χ2n) is 5.56. The van der Waals surface area contributed by atoms with Crippen molar-refractivity contribution in [1.82, 2.24) is 10.2 Å². The van der Waals surface area contributed by atoms with Gasteiger partial charge in [-0.15, -0.1) is 0 Å². The minimum atomic E-state index is -0.0929. The van der Waals surface area contributed by atoms with E-state index < -0.39 is 0 Å². The molecule has 0 aromatic heterocycles. The molecule has 0 bridgehead atoms. The van der Waals surface area contributed by atoms with Crippen LogP contribution < -0.4 is 5.32 Å². The van der Waals surface area contributed by atoms with Gasteiger partial charge in [0.05, 0.1) is 5.60 Å². The third-order valence-electron chi connectivity index (χ3n) is 3.68. The van der Waals surface area contributed by atoms with Gasteiger partial charge in [-0.25, -0.2) is 0 Å². The van der Waals surface area contributed by atoms with Crippen LogP contribution in [0, 0.1) is 0 Å². The second-order valence-corrected chi connectivity index (χ2v) is 5.56. The minimum absolute atomic E-state index is 0.0929. The van der Waals surface area contributed by atoms with Crippen LogP contribution in [0.5, 0.6) is 0 Å². The molecule has 1 N–H and O–H groups in total. The molecule has 1 aliphatic rings. The molecule has 1 saturated heterocycles. The van der Waals surface area contributed by atoms with Crippen molar-refractivity contribution in [2.24, 2.45) is 0 Å². The van der Waals surface area contributed by atoms with E-state index in [9.17, 15) is 0 Å². The summed E-state index contributed by atoms with van der Waals surface area (Å²) in [5, 5.41) is 3.48. The Morgan fingerprint density at radius 1 is 1.33 bits per heavy atom. The number of ether oxygens (including phenoxy) is 1. The van der Waals surface area contributed by atoms with Gasteiger partial charge < -0.3 is 10.1 Å². The molecular weight excluding hydrogens is 224 g/mol. The number of rotatable bonds is 4. The van der Waals surface area contributed by atoms with Gasteiger partial charge in [0, 0.05) is 39.3 Å². The molecule has 1 aromatic carbocycles. The summed E-state index contributed by atoms with van der Waals surface area (Å²) in [6.07, 6.45) is 0. The maximum absolute atomic E-state index is 5.56. The van der Waals surface area contributed by atoms with E-state index in [1.54, 1.807) is 7.11 Å². The first-order valence-corrected chi connectivity index (χ1v) is 6.67. The topological polar surface area (TPSA) is 24.5 Å². The molecule has 1 unspecified atom stereocenters. The van der Waals surface area contributed by atoms with E-state index in [1.807, 2.05) is 0 Å². The van der Waals surface area contributed by atoms with Gasteiger partial charge in [-0.05, 0) is 19.4 Å². The molecule has 1 atom stereocenters. The first-order valence-electron chi connectivity index (χ1n) is 6.67. The zero-order valence-electron chi connectivity index (χ0n) is 11.6. The third kappa shape index (κ3) is 3.31. The normalized spacial score (nSPS) is 22.1. The number of hydrogen-bond donors (Lipinski definition) is 1. The van der Waals surface area contributed by atoms with Crippen molar-refractivity contribution in [3.8, 4) is 0 Å². The Morgan fingerprint density at radius 3 is 2.72 bits per heavy atom. The Hall–Kier alpha value is -0.900. The lowest BCUT2D eigenvalue weighted by Crippen LogP contribution is -2.51. The monoisotopic (exact) mass is 248 g/mol. The molecule has 0 spiro atoms. The lowest BCUT2D eigenvalue weighted by atomic mass is 10.0. The van der Waals surface area contributed by atoms with E-state index in [0.717, 1.165) is 26.2 Å².